The molecule has 5 rings (SSSR count). The van der Waals surface area contributed by atoms with Crippen molar-refractivity contribution in [3.05, 3.63) is 0 Å². The van der Waals surface area contributed by atoms with Crippen LogP contribution in [0.2, 0.25) is 0 Å². The van der Waals surface area contributed by atoms with E-state index >= 15 is 0 Å². The van der Waals surface area contributed by atoms with Crippen LogP contribution >= 0.6 is 0 Å². The van der Waals surface area contributed by atoms with Crippen LogP contribution in [0.1, 0.15) is 90.9 Å². The molecule has 2 saturated heterocycles. The van der Waals surface area contributed by atoms with Gasteiger partial charge in [0.25, 0.3) is 0 Å². The summed E-state index contributed by atoms with van der Waals surface area (Å²) >= 11 is 0. The second-order valence-electron chi connectivity index (χ2n) is 11.3. The lowest BCUT2D eigenvalue weighted by Gasteiger charge is -2.55. The molecule has 0 atom stereocenters. The minimum absolute atomic E-state index is 0.231. The van der Waals surface area contributed by atoms with Gasteiger partial charge in [-0.25, -0.2) is 0 Å². The van der Waals surface area contributed by atoms with Gasteiger partial charge in [-0.05, 0) is 63.2 Å². The van der Waals surface area contributed by atoms with Gasteiger partial charge in [-0.3, -0.25) is 0 Å². The summed E-state index contributed by atoms with van der Waals surface area (Å²) in [6.45, 7) is 8.26. The SMILES string of the molecule is CC1CCC2(CC1)OCC1(CCC3(CC1)COC1(CCC(C)CC1)OC3)CO2. The van der Waals surface area contributed by atoms with Crippen molar-refractivity contribution < 1.29 is 18.9 Å². The van der Waals surface area contributed by atoms with Crippen molar-refractivity contribution in [2.24, 2.45) is 22.7 Å². The lowest BCUT2D eigenvalue weighted by molar-refractivity contribution is -0.339. The quantitative estimate of drug-likeness (QED) is 0.550. The molecule has 0 amide bonds. The Hall–Kier alpha value is -0.160. The van der Waals surface area contributed by atoms with Crippen molar-refractivity contribution in [3.8, 4) is 0 Å². The summed E-state index contributed by atoms with van der Waals surface area (Å²) in [5.74, 6) is 1.14. The molecule has 3 saturated carbocycles. The smallest absolute Gasteiger partial charge is 0.168 e. The van der Waals surface area contributed by atoms with E-state index in [1.165, 1.54) is 51.4 Å². The molecule has 0 N–H and O–H groups in total. The summed E-state index contributed by atoms with van der Waals surface area (Å²) in [5.41, 5.74) is 0.462. The number of hydrogen-bond donors (Lipinski definition) is 0. The Balaban J connectivity index is 1.13. The molecule has 0 unspecified atom stereocenters. The van der Waals surface area contributed by atoms with E-state index in [0.29, 0.717) is 0 Å². The van der Waals surface area contributed by atoms with Gasteiger partial charge in [0.15, 0.2) is 11.6 Å². The van der Waals surface area contributed by atoms with Gasteiger partial charge in [-0.1, -0.05) is 13.8 Å². The molecule has 28 heavy (non-hydrogen) atoms. The number of hydrogen-bond acceptors (Lipinski definition) is 4. The molecule has 5 fully saturated rings. The Bertz CT molecular complexity index is 475. The minimum atomic E-state index is -0.256. The van der Waals surface area contributed by atoms with E-state index in [2.05, 4.69) is 13.8 Å². The Labute approximate surface area is 171 Å². The average Bonchev–Trinajstić information content (AvgIpc) is 2.74. The second-order valence-corrected chi connectivity index (χ2v) is 11.3. The summed E-state index contributed by atoms with van der Waals surface area (Å²) in [5, 5.41) is 0. The minimum Gasteiger partial charge on any atom is -0.349 e. The fourth-order valence-corrected chi connectivity index (χ4v) is 6.17. The molecule has 0 radical (unpaired) electrons. The molecule has 4 spiro atoms. The normalized spacial score (nSPS) is 52.5. The molecular formula is C24H40O4. The zero-order valence-corrected chi connectivity index (χ0v) is 18.1. The lowest BCUT2D eigenvalue weighted by atomic mass is 9.64. The molecule has 2 aliphatic heterocycles. The van der Waals surface area contributed by atoms with Crippen LogP contribution in [0.15, 0.2) is 0 Å². The van der Waals surface area contributed by atoms with Crippen LogP contribution in [0.4, 0.5) is 0 Å². The summed E-state index contributed by atoms with van der Waals surface area (Å²) in [4.78, 5) is 0. The highest BCUT2D eigenvalue weighted by molar-refractivity contribution is 4.98. The molecule has 0 aromatic carbocycles. The molecule has 4 nitrogen and oxygen atoms in total. The molecule has 0 bridgehead atoms. The van der Waals surface area contributed by atoms with Gasteiger partial charge < -0.3 is 18.9 Å². The van der Waals surface area contributed by atoms with Crippen LogP contribution in [-0.4, -0.2) is 38.0 Å². The van der Waals surface area contributed by atoms with Gasteiger partial charge in [0.1, 0.15) is 0 Å². The van der Waals surface area contributed by atoms with Crippen molar-refractivity contribution >= 4 is 0 Å². The maximum Gasteiger partial charge on any atom is 0.168 e. The van der Waals surface area contributed by atoms with E-state index in [1.807, 2.05) is 0 Å². The first-order chi connectivity index (χ1) is 13.4. The predicted octanol–water partition coefficient (Wildman–Crippen LogP) is 5.44. The molecule has 4 heteroatoms. The third kappa shape index (κ3) is 3.68. The summed E-state index contributed by atoms with van der Waals surface area (Å²) in [6, 6.07) is 0. The number of ether oxygens (including phenoxy) is 4. The van der Waals surface area contributed by atoms with E-state index < -0.39 is 0 Å². The Morgan fingerprint density at radius 3 is 1.04 bits per heavy atom. The Morgan fingerprint density at radius 1 is 0.464 bits per heavy atom. The largest absolute Gasteiger partial charge is 0.349 e. The fraction of sp³-hybridized carbons (Fsp3) is 1.00. The van der Waals surface area contributed by atoms with Gasteiger partial charge in [0.2, 0.25) is 0 Å². The van der Waals surface area contributed by atoms with E-state index in [9.17, 15) is 0 Å². The van der Waals surface area contributed by atoms with Crippen LogP contribution in [0.3, 0.4) is 0 Å². The molecular weight excluding hydrogens is 352 g/mol. The second kappa shape index (κ2) is 7.21. The molecule has 0 aromatic heterocycles. The van der Waals surface area contributed by atoms with Gasteiger partial charge in [-0.15, -0.1) is 0 Å². The zero-order chi connectivity index (χ0) is 19.3. The summed E-state index contributed by atoms with van der Waals surface area (Å²) < 4.78 is 25.8. The van der Waals surface area contributed by atoms with Crippen molar-refractivity contribution in [3.63, 3.8) is 0 Å². The summed E-state index contributed by atoms with van der Waals surface area (Å²) in [7, 11) is 0. The standard InChI is InChI=1S/C24H40O4/c1-19-3-7-23(8-4-19)25-15-21(16-26-23)11-13-22(14-12-21)17-27-24(28-18-22)9-5-20(2)6-10-24/h19-20H,3-18H2,1-2H3. The number of rotatable bonds is 0. The topological polar surface area (TPSA) is 36.9 Å². The first-order valence-corrected chi connectivity index (χ1v) is 12.0. The van der Waals surface area contributed by atoms with E-state index in [-0.39, 0.29) is 22.4 Å². The Morgan fingerprint density at radius 2 is 0.750 bits per heavy atom. The monoisotopic (exact) mass is 392 g/mol. The van der Waals surface area contributed by atoms with Crippen LogP contribution in [-0.2, 0) is 18.9 Å². The van der Waals surface area contributed by atoms with E-state index in [1.54, 1.807) is 0 Å². The lowest BCUT2D eigenvalue weighted by Crippen LogP contribution is -2.56. The van der Waals surface area contributed by atoms with Gasteiger partial charge >= 0.3 is 0 Å². The molecule has 3 aliphatic carbocycles. The van der Waals surface area contributed by atoms with Gasteiger partial charge in [0, 0.05) is 36.5 Å². The van der Waals surface area contributed by atoms with Crippen molar-refractivity contribution in [2.45, 2.75) is 102 Å². The fourth-order valence-electron chi connectivity index (χ4n) is 6.17. The van der Waals surface area contributed by atoms with Gasteiger partial charge in [0.05, 0.1) is 26.4 Å². The van der Waals surface area contributed by atoms with E-state index in [0.717, 1.165) is 63.9 Å². The third-order valence-electron chi connectivity index (χ3n) is 9.01. The first-order valence-electron chi connectivity index (χ1n) is 12.0. The molecule has 5 aliphatic rings. The first kappa shape index (κ1) is 19.8. The molecule has 0 aromatic rings. The Kier molecular flexibility index (Phi) is 5.10. The predicted molar refractivity (Wildman–Crippen MR) is 108 cm³/mol. The van der Waals surface area contributed by atoms with Crippen LogP contribution in [0.25, 0.3) is 0 Å². The highest BCUT2D eigenvalue weighted by atomic mass is 16.7. The highest BCUT2D eigenvalue weighted by Crippen LogP contribution is 2.53. The maximum atomic E-state index is 6.44. The van der Waals surface area contributed by atoms with Crippen molar-refractivity contribution in [2.75, 3.05) is 26.4 Å². The van der Waals surface area contributed by atoms with Crippen molar-refractivity contribution in [1.82, 2.24) is 0 Å². The average molecular weight is 393 g/mol. The zero-order valence-electron chi connectivity index (χ0n) is 18.1. The van der Waals surface area contributed by atoms with Gasteiger partial charge in [-0.2, -0.15) is 0 Å². The van der Waals surface area contributed by atoms with Crippen LogP contribution < -0.4 is 0 Å². The third-order valence-corrected chi connectivity index (χ3v) is 9.01. The van der Waals surface area contributed by atoms with Crippen LogP contribution in [0, 0.1) is 22.7 Å². The van der Waals surface area contributed by atoms with Crippen molar-refractivity contribution in [1.29, 1.82) is 0 Å². The molecule has 2 heterocycles. The molecule has 160 valence electrons. The summed E-state index contributed by atoms with van der Waals surface area (Å²) in [6.07, 6.45) is 14.0. The van der Waals surface area contributed by atoms with Crippen LogP contribution in [0.5, 0.6) is 0 Å². The maximum absolute atomic E-state index is 6.44. The highest BCUT2D eigenvalue weighted by Gasteiger charge is 2.52. The van der Waals surface area contributed by atoms with E-state index in [4.69, 9.17) is 18.9 Å².